The number of ether oxygens (including phenoxy) is 1. The fourth-order valence-electron chi connectivity index (χ4n) is 1.48. The molecule has 0 saturated heterocycles. The molecule has 0 heterocycles. The minimum Gasteiger partial charge on any atom is -0.455 e. The first kappa shape index (κ1) is 13.5. The zero-order valence-corrected chi connectivity index (χ0v) is 12.6. The van der Waals surface area contributed by atoms with Crippen LogP contribution in [0.1, 0.15) is 5.56 Å². The normalized spacial score (nSPS) is 10.4. The first-order valence-corrected chi connectivity index (χ1v) is 6.71. The number of aryl methyl sites for hydroxylation is 1. The van der Waals surface area contributed by atoms with Crippen molar-refractivity contribution in [3.05, 3.63) is 50.4 Å². The van der Waals surface area contributed by atoms with Gasteiger partial charge in [-0.15, -0.1) is 0 Å². The van der Waals surface area contributed by atoms with Gasteiger partial charge in [-0.3, -0.25) is 0 Å². The predicted molar refractivity (Wildman–Crippen MR) is 79.8 cm³/mol. The van der Waals surface area contributed by atoms with Gasteiger partial charge in [0.15, 0.2) is 5.75 Å². The van der Waals surface area contributed by atoms with Crippen LogP contribution < -0.4 is 10.5 Å². The van der Waals surface area contributed by atoms with Crippen molar-refractivity contribution >= 4 is 44.8 Å². The van der Waals surface area contributed by atoms with E-state index in [-0.39, 0.29) is 0 Å². The van der Waals surface area contributed by atoms with Gasteiger partial charge in [-0.1, -0.05) is 39.1 Å². The van der Waals surface area contributed by atoms with Crippen molar-refractivity contribution in [2.75, 3.05) is 5.73 Å². The van der Waals surface area contributed by atoms with Gasteiger partial charge in [-0.05, 0) is 36.8 Å². The topological polar surface area (TPSA) is 35.2 Å². The molecule has 2 aromatic rings. The highest BCUT2D eigenvalue weighted by atomic mass is 79.9. The molecule has 2 aromatic carbocycles. The average molecular weight is 347 g/mol. The number of benzene rings is 2. The van der Waals surface area contributed by atoms with E-state index in [0.29, 0.717) is 21.5 Å². The van der Waals surface area contributed by atoms with Crippen LogP contribution in [0.25, 0.3) is 0 Å². The van der Waals surface area contributed by atoms with Crippen molar-refractivity contribution in [3.63, 3.8) is 0 Å². The number of hydrogen-bond donors (Lipinski definition) is 1. The molecule has 0 amide bonds. The molecule has 0 aliphatic carbocycles. The lowest BCUT2D eigenvalue weighted by molar-refractivity contribution is 0.481. The Morgan fingerprint density at radius 1 is 1.06 bits per heavy atom. The van der Waals surface area contributed by atoms with Gasteiger partial charge < -0.3 is 10.5 Å². The van der Waals surface area contributed by atoms with Gasteiger partial charge >= 0.3 is 0 Å². The number of anilines is 1. The Labute approximate surface area is 124 Å². The molecule has 5 heteroatoms. The maximum atomic E-state index is 5.94. The molecule has 94 valence electrons. The van der Waals surface area contributed by atoms with Crippen molar-refractivity contribution in [3.8, 4) is 11.5 Å². The zero-order valence-electron chi connectivity index (χ0n) is 9.51. The highest BCUT2D eigenvalue weighted by molar-refractivity contribution is 9.10. The van der Waals surface area contributed by atoms with Crippen molar-refractivity contribution in [1.29, 1.82) is 0 Å². The Morgan fingerprint density at radius 2 is 1.72 bits per heavy atom. The summed E-state index contributed by atoms with van der Waals surface area (Å²) in [7, 11) is 0. The number of halogens is 3. The molecule has 2 rings (SSSR count). The Bertz CT molecular complexity index is 602. The quantitative estimate of drug-likeness (QED) is 0.735. The van der Waals surface area contributed by atoms with Gasteiger partial charge in [0.25, 0.3) is 0 Å². The largest absolute Gasteiger partial charge is 0.455 e. The van der Waals surface area contributed by atoms with E-state index in [1.807, 2.05) is 25.1 Å². The summed E-state index contributed by atoms with van der Waals surface area (Å²) in [5.74, 6) is 1.22. The van der Waals surface area contributed by atoms with Gasteiger partial charge in [0, 0.05) is 10.5 Å². The molecule has 2 nitrogen and oxygen atoms in total. The highest BCUT2D eigenvalue weighted by Gasteiger charge is 2.09. The maximum absolute atomic E-state index is 5.94. The third-order valence-corrected chi connectivity index (χ3v) is 3.63. The van der Waals surface area contributed by atoms with Gasteiger partial charge in [0.05, 0.1) is 15.7 Å². The Kier molecular flexibility index (Phi) is 4.05. The smallest absolute Gasteiger partial charge is 0.151 e. The van der Waals surface area contributed by atoms with Crippen LogP contribution in [0.4, 0.5) is 5.69 Å². The molecule has 0 saturated carbocycles. The van der Waals surface area contributed by atoms with E-state index in [2.05, 4.69) is 15.9 Å². The van der Waals surface area contributed by atoms with Crippen molar-refractivity contribution in [1.82, 2.24) is 0 Å². The Balaban J connectivity index is 2.37. The van der Waals surface area contributed by atoms with E-state index in [4.69, 9.17) is 33.7 Å². The molecule has 0 fully saturated rings. The number of hydrogen-bond acceptors (Lipinski definition) is 2. The van der Waals surface area contributed by atoms with Crippen LogP contribution in [0.2, 0.25) is 10.0 Å². The summed E-state index contributed by atoms with van der Waals surface area (Å²) < 4.78 is 6.74. The number of nitrogens with two attached hydrogens (primary N) is 1. The van der Waals surface area contributed by atoms with Crippen LogP contribution in [0.3, 0.4) is 0 Å². The Hall–Kier alpha value is -0.900. The van der Waals surface area contributed by atoms with E-state index in [1.165, 1.54) is 0 Å². The molecular weight excluding hydrogens is 337 g/mol. The molecule has 0 unspecified atom stereocenters. The highest BCUT2D eigenvalue weighted by Crippen LogP contribution is 2.36. The average Bonchev–Trinajstić information content (AvgIpc) is 2.29. The third-order valence-electron chi connectivity index (χ3n) is 2.41. The molecule has 0 aromatic heterocycles. The molecule has 0 aliphatic heterocycles. The molecule has 18 heavy (non-hydrogen) atoms. The van der Waals surface area contributed by atoms with Crippen molar-refractivity contribution in [2.24, 2.45) is 0 Å². The van der Waals surface area contributed by atoms with Crippen LogP contribution in [-0.2, 0) is 0 Å². The summed E-state index contributed by atoms with van der Waals surface area (Å²) in [6.45, 7) is 1.95. The summed E-state index contributed by atoms with van der Waals surface area (Å²) in [5, 5.41) is 0.824. The van der Waals surface area contributed by atoms with E-state index in [1.54, 1.807) is 12.1 Å². The molecule has 0 spiro atoms. The van der Waals surface area contributed by atoms with E-state index >= 15 is 0 Å². The van der Waals surface area contributed by atoms with E-state index in [0.717, 1.165) is 15.8 Å². The van der Waals surface area contributed by atoms with Gasteiger partial charge in [0.1, 0.15) is 5.75 Å². The maximum Gasteiger partial charge on any atom is 0.151 e. The van der Waals surface area contributed by atoms with Gasteiger partial charge in [-0.25, -0.2) is 0 Å². The minimum absolute atomic E-state index is 0.411. The second-order valence-corrected chi connectivity index (χ2v) is 5.55. The fourth-order valence-corrected chi connectivity index (χ4v) is 2.28. The molecule has 2 N–H and O–H groups in total. The molecule has 0 radical (unpaired) electrons. The lowest BCUT2D eigenvalue weighted by Gasteiger charge is -2.12. The van der Waals surface area contributed by atoms with Crippen molar-refractivity contribution in [2.45, 2.75) is 6.92 Å². The summed E-state index contributed by atoms with van der Waals surface area (Å²) in [4.78, 5) is 0. The summed E-state index contributed by atoms with van der Waals surface area (Å²) in [6, 6.07) is 8.91. The van der Waals surface area contributed by atoms with Crippen LogP contribution in [-0.4, -0.2) is 0 Å². The van der Waals surface area contributed by atoms with Crippen LogP contribution in [0.5, 0.6) is 11.5 Å². The van der Waals surface area contributed by atoms with E-state index < -0.39 is 0 Å². The summed E-state index contributed by atoms with van der Waals surface area (Å²) >= 11 is 15.2. The first-order valence-electron chi connectivity index (χ1n) is 5.16. The van der Waals surface area contributed by atoms with Crippen LogP contribution in [0.15, 0.2) is 34.8 Å². The lowest BCUT2D eigenvalue weighted by atomic mass is 10.2. The first-order chi connectivity index (χ1) is 8.47. The zero-order chi connectivity index (χ0) is 13.3. The second kappa shape index (κ2) is 5.39. The molecule has 0 aliphatic rings. The van der Waals surface area contributed by atoms with Crippen LogP contribution in [0, 0.1) is 6.92 Å². The predicted octanol–water partition coefficient (Wildman–Crippen LogP) is 5.44. The SMILES string of the molecule is Cc1cc(Br)ccc1Oc1cc(Cl)c(Cl)cc1N. The van der Waals surface area contributed by atoms with E-state index in [9.17, 15) is 0 Å². The Morgan fingerprint density at radius 3 is 2.39 bits per heavy atom. The standard InChI is InChI=1S/C13H10BrCl2NO/c1-7-4-8(14)2-3-12(7)18-13-6-10(16)9(15)5-11(13)17/h2-6H,17H2,1H3. The lowest BCUT2D eigenvalue weighted by Crippen LogP contribution is -1.94. The monoisotopic (exact) mass is 345 g/mol. The van der Waals surface area contributed by atoms with Crippen molar-refractivity contribution < 1.29 is 4.74 Å². The summed E-state index contributed by atoms with van der Waals surface area (Å²) in [5.41, 5.74) is 7.29. The minimum atomic E-state index is 0.411. The summed E-state index contributed by atoms with van der Waals surface area (Å²) in [6.07, 6.45) is 0. The third kappa shape index (κ3) is 2.91. The van der Waals surface area contributed by atoms with Crippen LogP contribution >= 0.6 is 39.1 Å². The van der Waals surface area contributed by atoms with Gasteiger partial charge in [0.2, 0.25) is 0 Å². The molecular formula is C13H10BrCl2NO. The number of nitrogen functional groups attached to an aromatic ring is 1. The molecule has 0 bridgehead atoms. The fraction of sp³-hybridized carbons (Fsp3) is 0.0769. The second-order valence-electron chi connectivity index (χ2n) is 3.82. The number of rotatable bonds is 2. The molecule has 0 atom stereocenters. The van der Waals surface area contributed by atoms with Gasteiger partial charge in [-0.2, -0.15) is 0 Å².